The Morgan fingerprint density at radius 3 is 2.78 bits per heavy atom. The van der Waals surface area contributed by atoms with Gasteiger partial charge in [0.05, 0.1) is 18.3 Å². The molecule has 0 spiro atoms. The molecule has 2 rings (SSSR count). The van der Waals surface area contributed by atoms with E-state index in [-0.39, 0.29) is 29.6 Å². The van der Waals surface area contributed by atoms with Crippen LogP contribution in [0.3, 0.4) is 0 Å². The Kier molecular flexibility index (Phi) is 6.39. The van der Waals surface area contributed by atoms with E-state index in [2.05, 4.69) is 6.92 Å². The van der Waals surface area contributed by atoms with Crippen LogP contribution in [0.4, 0.5) is 4.39 Å². The molecule has 1 heterocycles. The van der Waals surface area contributed by atoms with Gasteiger partial charge >= 0.3 is 0 Å². The van der Waals surface area contributed by atoms with Gasteiger partial charge in [-0.05, 0) is 44.2 Å². The van der Waals surface area contributed by atoms with Gasteiger partial charge in [0.15, 0.2) is 17.3 Å². The first-order valence-electron chi connectivity index (χ1n) is 8.35. The average Bonchev–Trinajstić information content (AvgIpc) is 2.54. The minimum Gasteiger partial charge on any atom is -0.504 e. The molecule has 1 aromatic rings. The third-order valence-electron chi connectivity index (χ3n) is 4.26. The normalized spacial score (nSPS) is 21.2. The van der Waals surface area contributed by atoms with Gasteiger partial charge in [-0.2, -0.15) is 4.39 Å². The molecule has 2 unspecified atom stereocenters. The summed E-state index contributed by atoms with van der Waals surface area (Å²) in [5.74, 6) is -1.30. The van der Waals surface area contributed by atoms with Gasteiger partial charge in [-0.1, -0.05) is 13.3 Å². The second-order valence-corrected chi connectivity index (χ2v) is 6.02. The van der Waals surface area contributed by atoms with E-state index in [1.54, 1.807) is 6.92 Å². The SMILES string of the molecule is CCCC1CCC(CC(=O)c2ccc(OCC)c(F)c2O)OC1. The van der Waals surface area contributed by atoms with Gasteiger partial charge in [0.25, 0.3) is 0 Å². The van der Waals surface area contributed by atoms with E-state index in [9.17, 15) is 14.3 Å². The van der Waals surface area contributed by atoms with Gasteiger partial charge in [-0.25, -0.2) is 0 Å². The number of halogens is 1. The quantitative estimate of drug-likeness (QED) is 0.767. The van der Waals surface area contributed by atoms with Crippen LogP contribution in [-0.4, -0.2) is 30.2 Å². The predicted octanol–water partition coefficient (Wildman–Crippen LogP) is 4.10. The molecule has 0 aliphatic carbocycles. The fourth-order valence-electron chi connectivity index (χ4n) is 3.01. The first-order valence-corrected chi connectivity index (χ1v) is 8.35. The van der Waals surface area contributed by atoms with Gasteiger partial charge in [-0.3, -0.25) is 4.79 Å². The maximum absolute atomic E-state index is 14.0. The van der Waals surface area contributed by atoms with Crippen LogP contribution in [0.1, 0.15) is 56.3 Å². The van der Waals surface area contributed by atoms with Crippen molar-refractivity contribution >= 4 is 5.78 Å². The number of Topliss-reactive ketones (excluding diaryl/α,β-unsaturated/α-hetero) is 1. The summed E-state index contributed by atoms with van der Waals surface area (Å²) >= 11 is 0. The number of benzene rings is 1. The standard InChI is InChI=1S/C18H25FO4/c1-3-5-12-6-7-13(23-11-12)10-15(20)14-8-9-16(22-4-2)17(19)18(14)21/h8-9,12-13,21H,3-7,10-11H2,1-2H3. The molecule has 128 valence electrons. The number of phenols is 1. The monoisotopic (exact) mass is 324 g/mol. The predicted molar refractivity (Wildman–Crippen MR) is 85.6 cm³/mol. The maximum atomic E-state index is 14.0. The highest BCUT2D eigenvalue weighted by atomic mass is 19.1. The highest BCUT2D eigenvalue weighted by molar-refractivity contribution is 5.99. The van der Waals surface area contributed by atoms with Crippen LogP contribution < -0.4 is 4.74 Å². The van der Waals surface area contributed by atoms with Crippen molar-refractivity contribution in [2.45, 2.75) is 52.1 Å². The summed E-state index contributed by atoms with van der Waals surface area (Å²) in [4.78, 5) is 12.3. The van der Waals surface area contributed by atoms with Crippen molar-refractivity contribution in [2.24, 2.45) is 5.92 Å². The topological polar surface area (TPSA) is 55.8 Å². The highest BCUT2D eigenvalue weighted by Crippen LogP contribution is 2.32. The number of phenolic OH excluding ortho intramolecular Hbond substituents is 1. The molecule has 0 radical (unpaired) electrons. The molecule has 1 aliphatic heterocycles. The summed E-state index contributed by atoms with van der Waals surface area (Å²) in [6.45, 7) is 4.84. The second-order valence-electron chi connectivity index (χ2n) is 6.02. The molecule has 1 fully saturated rings. The summed E-state index contributed by atoms with van der Waals surface area (Å²) in [6, 6.07) is 2.79. The van der Waals surface area contributed by atoms with Gasteiger partial charge in [0, 0.05) is 13.0 Å². The Bertz CT molecular complexity index is 536. The van der Waals surface area contributed by atoms with Crippen molar-refractivity contribution in [1.82, 2.24) is 0 Å². The van der Waals surface area contributed by atoms with Gasteiger partial charge < -0.3 is 14.6 Å². The van der Waals surface area contributed by atoms with Crippen LogP contribution in [0.5, 0.6) is 11.5 Å². The molecule has 0 bridgehead atoms. The summed E-state index contributed by atoms with van der Waals surface area (Å²) in [5.41, 5.74) is -0.00904. The van der Waals surface area contributed by atoms with Crippen molar-refractivity contribution in [2.75, 3.05) is 13.2 Å². The minimum atomic E-state index is -0.884. The Morgan fingerprint density at radius 2 is 2.17 bits per heavy atom. The molecule has 1 aliphatic rings. The van der Waals surface area contributed by atoms with Gasteiger partial charge in [-0.15, -0.1) is 0 Å². The Labute approximate surface area is 136 Å². The minimum absolute atomic E-state index is 0.00904. The summed E-state index contributed by atoms with van der Waals surface area (Å²) < 4.78 is 24.8. The van der Waals surface area contributed by atoms with E-state index in [4.69, 9.17) is 9.47 Å². The molecule has 4 nitrogen and oxygen atoms in total. The maximum Gasteiger partial charge on any atom is 0.207 e. The average molecular weight is 324 g/mol. The molecule has 2 atom stereocenters. The number of ether oxygens (including phenoxy) is 2. The molecule has 1 aromatic carbocycles. The third-order valence-corrected chi connectivity index (χ3v) is 4.26. The zero-order valence-corrected chi connectivity index (χ0v) is 13.8. The van der Waals surface area contributed by atoms with E-state index in [0.717, 1.165) is 25.7 Å². The van der Waals surface area contributed by atoms with Crippen LogP contribution in [-0.2, 0) is 4.74 Å². The fraction of sp³-hybridized carbons (Fsp3) is 0.611. The largest absolute Gasteiger partial charge is 0.504 e. The van der Waals surface area contributed by atoms with Crippen molar-refractivity contribution < 1.29 is 23.8 Å². The first kappa shape index (κ1) is 17.7. The van der Waals surface area contributed by atoms with Crippen molar-refractivity contribution in [1.29, 1.82) is 0 Å². The summed E-state index contributed by atoms with van der Waals surface area (Å²) in [7, 11) is 0. The number of hydrogen-bond acceptors (Lipinski definition) is 4. The van der Waals surface area contributed by atoms with Crippen LogP contribution in [0, 0.1) is 11.7 Å². The van der Waals surface area contributed by atoms with E-state index in [0.29, 0.717) is 19.1 Å². The molecule has 23 heavy (non-hydrogen) atoms. The fourth-order valence-corrected chi connectivity index (χ4v) is 3.01. The van der Waals surface area contributed by atoms with Crippen molar-refractivity contribution in [3.05, 3.63) is 23.5 Å². The van der Waals surface area contributed by atoms with E-state index in [1.807, 2.05) is 0 Å². The van der Waals surface area contributed by atoms with E-state index < -0.39 is 11.6 Å². The zero-order valence-electron chi connectivity index (χ0n) is 13.8. The lowest BCUT2D eigenvalue weighted by Crippen LogP contribution is -2.28. The molecule has 0 amide bonds. The number of aromatic hydroxyl groups is 1. The molecule has 5 heteroatoms. The lowest BCUT2D eigenvalue weighted by atomic mass is 9.92. The second kappa shape index (κ2) is 8.29. The Morgan fingerprint density at radius 1 is 1.39 bits per heavy atom. The molecular weight excluding hydrogens is 299 g/mol. The van der Waals surface area contributed by atoms with E-state index >= 15 is 0 Å². The molecule has 1 saturated heterocycles. The first-order chi connectivity index (χ1) is 11.1. The van der Waals surface area contributed by atoms with Gasteiger partial charge in [0.1, 0.15) is 0 Å². The number of rotatable bonds is 7. The third kappa shape index (κ3) is 4.44. The lowest BCUT2D eigenvalue weighted by molar-refractivity contribution is -0.0186. The smallest absolute Gasteiger partial charge is 0.207 e. The van der Waals surface area contributed by atoms with Crippen LogP contribution in [0.2, 0.25) is 0 Å². The Balaban J connectivity index is 1.98. The summed E-state index contributed by atoms with van der Waals surface area (Å²) in [6.07, 6.45) is 4.18. The molecule has 0 saturated carbocycles. The van der Waals surface area contributed by atoms with Crippen LogP contribution in [0.25, 0.3) is 0 Å². The molecule has 0 aromatic heterocycles. The Hall–Kier alpha value is -1.62. The van der Waals surface area contributed by atoms with Crippen LogP contribution in [0.15, 0.2) is 12.1 Å². The number of carbonyl (C=O) groups is 1. The highest BCUT2D eigenvalue weighted by Gasteiger charge is 2.26. The molecular formula is C18H25FO4. The lowest BCUT2D eigenvalue weighted by Gasteiger charge is -2.28. The van der Waals surface area contributed by atoms with Gasteiger partial charge in [0.2, 0.25) is 5.82 Å². The van der Waals surface area contributed by atoms with Crippen LogP contribution >= 0.6 is 0 Å². The summed E-state index contributed by atoms with van der Waals surface area (Å²) in [5, 5.41) is 9.90. The number of hydrogen-bond donors (Lipinski definition) is 1. The number of ketones is 1. The number of carbonyl (C=O) groups excluding carboxylic acids is 1. The van der Waals surface area contributed by atoms with Crippen molar-refractivity contribution in [3.63, 3.8) is 0 Å². The zero-order chi connectivity index (χ0) is 16.8. The molecule has 1 N–H and O–H groups in total. The van der Waals surface area contributed by atoms with E-state index in [1.165, 1.54) is 12.1 Å². The van der Waals surface area contributed by atoms with Crippen molar-refractivity contribution in [3.8, 4) is 11.5 Å².